The van der Waals surface area contributed by atoms with Gasteiger partial charge in [0.15, 0.2) is 11.1 Å². The smallest absolute Gasteiger partial charge is 0.210 e. The van der Waals surface area contributed by atoms with Crippen molar-refractivity contribution in [1.82, 2.24) is 0 Å². The van der Waals surface area contributed by atoms with Gasteiger partial charge in [0.2, 0.25) is 11.8 Å². The van der Waals surface area contributed by atoms with Crippen LogP contribution in [-0.4, -0.2) is 36.1 Å². The van der Waals surface area contributed by atoms with Crippen LogP contribution in [0.25, 0.3) is 0 Å². The Morgan fingerprint density at radius 1 is 0.833 bits per heavy atom. The Balaban J connectivity index is 4.80. The Bertz CT molecular complexity index is 303. The normalized spacial score (nSPS) is 12.6. The second kappa shape index (κ2) is 6.47. The van der Waals surface area contributed by atoms with Crippen LogP contribution in [0.15, 0.2) is 10.2 Å². The molecule has 0 aliphatic heterocycles. The van der Waals surface area contributed by atoms with Gasteiger partial charge in [0.05, 0.1) is 13.2 Å². The minimum Gasteiger partial charge on any atom is -0.480 e. The number of rotatable bonds is 6. The maximum atomic E-state index is 7.73. The summed E-state index contributed by atoms with van der Waals surface area (Å²) in [6.07, 6.45) is 0. The number of ether oxygens (including phenoxy) is 2. The van der Waals surface area contributed by atoms with Gasteiger partial charge in [-0.3, -0.25) is 10.8 Å². The molecule has 0 aromatic carbocycles. The summed E-state index contributed by atoms with van der Waals surface area (Å²) in [5.74, 6) is 0.125. The first-order valence-corrected chi connectivity index (χ1v) is 6.05. The summed E-state index contributed by atoms with van der Waals surface area (Å²) < 4.78 is 10.2. The van der Waals surface area contributed by atoms with Crippen LogP contribution in [0.1, 0.15) is 41.5 Å². The quantitative estimate of drug-likeness (QED) is 0.434. The molecule has 0 radical (unpaired) electrons. The summed E-state index contributed by atoms with van der Waals surface area (Å²) >= 11 is 0. The highest BCUT2D eigenvalue weighted by atomic mass is 16.5. The fraction of sp³-hybridized carbons (Fsp3) is 0.833. The second-order valence-corrected chi connectivity index (χ2v) is 4.84. The minimum absolute atomic E-state index is 0.0625. The first-order chi connectivity index (χ1) is 8.17. The fourth-order valence-corrected chi connectivity index (χ4v) is 0.983. The van der Waals surface area contributed by atoms with Crippen molar-refractivity contribution in [3.05, 3.63) is 0 Å². The van der Waals surface area contributed by atoms with Gasteiger partial charge in [-0.15, -0.1) is 0 Å². The molecule has 2 N–H and O–H groups in total. The molecule has 0 unspecified atom stereocenters. The highest BCUT2D eigenvalue weighted by Gasteiger charge is 2.30. The lowest BCUT2D eigenvalue weighted by atomic mass is 10.1. The zero-order chi connectivity index (χ0) is 14.4. The second-order valence-electron chi connectivity index (χ2n) is 4.84. The van der Waals surface area contributed by atoms with Gasteiger partial charge < -0.3 is 9.47 Å². The molecule has 0 fully saturated rings. The molecule has 0 aromatic rings. The van der Waals surface area contributed by atoms with E-state index in [1.807, 2.05) is 13.8 Å². The SMILES string of the molecule is CCOC(=N)C(C)(C)N=NC(C)(C)C(=N)OCC. The monoisotopic (exact) mass is 256 g/mol. The van der Waals surface area contributed by atoms with Crippen LogP contribution in [-0.2, 0) is 9.47 Å². The summed E-state index contributed by atoms with van der Waals surface area (Å²) in [6.45, 7) is 11.5. The van der Waals surface area contributed by atoms with E-state index in [1.165, 1.54) is 0 Å². The van der Waals surface area contributed by atoms with Crippen molar-refractivity contribution < 1.29 is 9.47 Å². The number of azo groups is 1. The van der Waals surface area contributed by atoms with Crippen molar-refractivity contribution in [2.24, 2.45) is 10.2 Å². The Kier molecular flexibility index (Phi) is 5.94. The van der Waals surface area contributed by atoms with E-state index in [0.717, 1.165) is 0 Å². The predicted octanol–water partition coefficient (Wildman–Crippen LogP) is 3.02. The summed E-state index contributed by atoms with van der Waals surface area (Å²) in [5, 5.41) is 23.7. The highest BCUT2D eigenvalue weighted by molar-refractivity contribution is 5.83. The molecule has 0 aliphatic carbocycles. The molecule has 0 saturated carbocycles. The van der Waals surface area contributed by atoms with Crippen LogP contribution in [0.3, 0.4) is 0 Å². The molecule has 0 aromatic heterocycles. The highest BCUT2D eigenvalue weighted by Crippen LogP contribution is 2.18. The maximum Gasteiger partial charge on any atom is 0.210 e. The third-order valence-electron chi connectivity index (χ3n) is 2.24. The van der Waals surface area contributed by atoms with Crippen molar-refractivity contribution >= 4 is 11.8 Å². The van der Waals surface area contributed by atoms with Crippen LogP contribution in [0.2, 0.25) is 0 Å². The lowest BCUT2D eigenvalue weighted by Crippen LogP contribution is -2.34. The first-order valence-electron chi connectivity index (χ1n) is 6.05. The number of nitrogens with zero attached hydrogens (tertiary/aromatic N) is 2. The predicted molar refractivity (Wildman–Crippen MR) is 71.7 cm³/mol. The van der Waals surface area contributed by atoms with Gasteiger partial charge in [0.1, 0.15) is 0 Å². The van der Waals surface area contributed by atoms with E-state index in [4.69, 9.17) is 20.3 Å². The largest absolute Gasteiger partial charge is 0.480 e. The van der Waals surface area contributed by atoms with Crippen molar-refractivity contribution in [1.29, 1.82) is 10.8 Å². The molecule has 18 heavy (non-hydrogen) atoms. The van der Waals surface area contributed by atoms with Gasteiger partial charge in [0, 0.05) is 0 Å². The molecule has 0 bridgehead atoms. The standard InChI is InChI=1S/C12H24N4O2/c1-7-17-9(13)11(3,4)15-16-12(5,6)10(14)18-8-2/h13-14H,7-8H2,1-6H3. The third-order valence-corrected chi connectivity index (χ3v) is 2.24. The van der Waals surface area contributed by atoms with Gasteiger partial charge in [-0.2, -0.15) is 10.2 Å². The minimum atomic E-state index is -0.834. The van der Waals surface area contributed by atoms with E-state index in [-0.39, 0.29) is 11.8 Å². The van der Waals surface area contributed by atoms with Crippen molar-refractivity contribution in [2.45, 2.75) is 52.6 Å². The van der Waals surface area contributed by atoms with E-state index < -0.39 is 11.1 Å². The molecule has 0 rings (SSSR count). The molecule has 0 spiro atoms. The van der Waals surface area contributed by atoms with Gasteiger partial charge in [-0.1, -0.05) is 0 Å². The Labute approximate surface area is 109 Å². The molecule has 6 heteroatoms. The molecule has 0 amide bonds. The van der Waals surface area contributed by atoms with Gasteiger partial charge in [-0.05, 0) is 41.5 Å². The Morgan fingerprint density at radius 2 is 1.11 bits per heavy atom. The lowest BCUT2D eigenvalue weighted by molar-refractivity contribution is 0.281. The molecular weight excluding hydrogens is 232 g/mol. The molecule has 0 heterocycles. The molecule has 0 saturated heterocycles. The van der Waals surface area contributed by atoms with Crippen LogP contribution >= 0.6 is 0 Å². The van der Waals surface area contributed by atoms with Crippen LogP contribution < -0.4 is 0 Å². The van der Waals surface area contributed by atoms with Gasteiger partial charge >= 0.3 is 0 Å². The Hall–Kier alpha value is -1.46. The summed E-state index contributed by atoms with van der Waals surface area (Å²) in [4.78, 5) is 0. The molecule has 0 aliphatic rings. The van der Waals surface area contributed by atoms with Crippen molar-refractivity contribution in [3.63, 3.8) is 0 Å². The third kappa shape index (κ3) is 4.81. The molecule has 0 atom stereocenters. The van der Waals surface area contributed by atoms with E-state index in [2.05, 4.69) is 10.2 Å². The summed E-state index contributed by atoms with van der Waals surface area (Å²) in [5.41, 5.74) is -1.67. The molecule has 104 valence electrons. The average Bonchev–Trinajstić information content (AvgIpc) is 2.27. The van der Waals surface area contributed by atoms with Gasteiger partial charge in [0.25, 0.3) is 0 Å². The maximum absolute atomic E-state index is 7.73. The number of hydrogen-bond acceptors (Lipinski definition) is 6. The number of hydrogen-bond donors (Lipinski definition) is 2. The Morgan fingerprint density at radius 3 is 1.33 bits per heavy atom. The lowest BCUT2D eigenvalue weighted by Gasteiger charge is -2.23. The van der Waals surface area contributed by atoms with E-state index in [0.29, 0.717) is 13.2 Å². The molecule has 6 nitrogen and oxygen atoms in total. The fourth-order valence-electron chi connectivity index (χ4n) is 0.983. The van der Waals surface area contributed by atoms with E-state index in [9.17, 15) is 0 Å². The summed E-state index contributed by atoms with van der Waals surface area (Å²) in [6, 6.07) is 0. The van der Waals surface area contributed by atoms with E-state index >= 15 is 0 Å². The van der Waals surface area contributed by atoms with Crippen molar-refractivity contribution in [3.8, 4) is 0 Å². The molecular formula is C12H24N4O2. The average molecular weight is 256 g/mol. The summed E-state index contributed by atoms with van der Waals surface area (Å²) in [7, 11) is 0. The first kappa shape index (κ1) is 16.5. The van der Waals surface area contributed by atoms with Crippen molar-refractivity contribution in [2.75, 3.05) is 13.2 Å². The van der Waals surface area contributed by atoms with Gasteiger partial charge in [-0.25, -0.2) is 0 Å². The van der Waals surface area contributed by atoms with Crippen LogP contribution in [0.4, 0.5) is 0 Å². The number of nitrogens with one attached hydrogen (secondary N) is 2. The van der Waals surface area contributed by atoms with E-state index in [1.54, 1.807) is 27.7 Å². The zero-order valence-electron chi connectivity index (χ0n) is 12.1. The van der Waals surface area contributed by atoms with Crippen LogP contribution in [0, 0.1) is 10.8 Å². The van der Waals surface area contributed by atoms with Crippen LogP contribution in [0.5, 0.6) is 0 Å². The zero-order valence-corrected chi connectivity index (χ0v) is 12.1. The topological polar surface area (TPSA) is 90.9 Å².